The monoisotopic (exact) mass is 308 g/mol. The van der Waals surface area contributed by atoms with Crippen molar-refractivity contribution in [1.82, 2.24) is 0 Å². The van der Waals surface area contributed by atoms with Gasteiger partial charge in [-0.15, -0.1) is 0 Å². The molecule has 0 aromatic carbocycles. The predicted molar refractivity (Wildman–Crippen MR) is 88.0 cm³/mol. The van der Waals surface area contributed by atoms with Crippen LogP contribution in [-0.4, -0.2) is 5.92 Å². The summed E-state index contributed by atoms with van der Waals surface area (Å²) in [5.74, 6) is -2.63. The Morgan fingerprint density at radius 1 is 0.773 bits per heavy atom. The minimum absolute atomic E-state index is 0.0242. The van der Waals surface area contributed by atoms with E-state index >= 15 is 8.78 Å². The molecular formula is C20H30F2. The van der Waals surface area contributed by atoms with Crippen LogP contribution in [0.25, 0.3) is 0 Å². The summed E-state index contributed by atoms with van der Waals surface area (Å²) < 4.78 is 30.1. The lowest BCUT2D eigenvalue weighted by Gasteiger charge is -2.31. The van der Waals surface area contributed by atoms with E-state index in [2.05, 4.69) is 41.5 Å². The zero-order valence-electron chi connectivity index (χ0n) is 15.0. The Labute approximate surface area is 134 Å². The van der Waals surface area contributed by atoms with Crippen LogP contribution in [0.4, 0.5) is 8.78 Å². The Bertz CT molecular complexity index is 555. The Morgan fingerprint density at radius 3 is 1.68 bits per heavy atom. The normalized spacial score (nSPS) is 27.3. The first-order valence-corrected chi connectivity index (χ1v) is 8.75. The molecule has 0 atom stereocenters. The summed E-state index contributed by atoms with van der Waals surface area (Å²) in [6.45, 7) is 12.9. The average Bonchev–Trinajstić information content (AvgIpc) is 2.92. The van der Waals surface area contributed by atoms with Crippen molar-refractivity contribution in [3.63, 3.8) is 0 Å². The number of halogens is 2. The predicted octanol–water partition coefficient (Wildman–Crippen LogP) is 6.67. The molecule has 0 amide bonds. The molecule has 3 aliphatic rings. The highest BCUT2D eigenvalue weighted by Gasteiger charge is 2.61. The molecule has 0 saturated heterocycles. The molecule has 3 rings (SSSR count). The van der Waals surface area contributed by atoms with E-state index in [1.165, 1.54) is 5.57 Å². The first kappa shape index (κ1) is 16.2. The van der Waals surface area contributed by atoms with Gasteiger partial charge in [-0.2, -0.15) is 0 Å². The van der Waals surface area contributed by atoms with Crippen LogP contribution in [0.2, 0.25) is 0 Å². The summed E-state index contributed by atoms with van der Waals surface area (Å²) in [6.07, 6.45) is 4.94. The average molecular weight is 308 g/mol. The summed E-state index contributed by atoms with van der Waals surface area (Å²) in [6, 6.07) is 0. The van der Waals surface area contributed by atoms with E-state index in [4.69, 9.17) is 0 Å². The van der Waals surface area contributed by atoms with Gasteiger partial charge in [-0.3, -0.25) is 0 Å². The summed E-state index contributed by atoms with van der Waals surface area (Å²) in [5, 5.41) is 0. The quantitative estimate of drug-likeness (QED) is 0.468. The van der Waals surface area contributed by atoms with Gasteiger partial charge in [-0.1, -0.05) is 65.5 Å². The van der Waals surface area contributed by atoms with E-state index in [0.717, 1.165) is 43.3 Å². The van der Waals surface area contributed by atoms with Crippen molar-refractivity contribution < 1.29 is 8.78 Å². The maximum absolute atomic E-state index is 15.0. The second kappa shape index (κ2) is 4.45. The lowest BCUT2D eigenvalue weighted by Crippen LogP contribution is -2.23. The highest BCUT2D eigenvalue weighted by Crippen LogP contribution is 2.68. The number of allylic oxidation sites excluding steroid dienone is 4. The Balaban J connectivity index is 2.26. The minimum atomic E-state index is -2.63. The van der Waals surface area contributed by atoms with Crippen molar-refractivity contribution in [2.75, 3.05) is 0 Å². The topological polar surface area (TPSA) is 0 Å². The standard InChI is InChI=1S/C20H30F2/c1-17(2,3)13-11-14(18(4,5)6)16-15(13)19(9-7-8-10-19)12-20(16,21)22/h7-12H2,1-6H3. The minimum Gasteiger partial charge on any atom is -0.201 e. The molecule has 0 unspecified atom stereocenters. The molecule has 0 N–H and O–H groups in total. The number of hydrogen-bond donors (Lipinski definition) is 0. The number of alkyl halides is 2. The van der Waals surface area contributed by atoms with Crippen LogP contribution in [-0.2, 0) is 0 Å². The van der Waals surface area contributed by atoms with Crippen molar-refractivity contribution in [2.24, 2.45) is 16.2 Å². The van der Waals surface area contributed by atoms with Gasteiger partial charge in [-0.05, 0) is 35.7 Å². The third kappa shape index (κ3) is 2.20. The molecule has 3 aliphatic carbocycles. The Kier molecular flexibility index (Phi) is 3.28. The first-order chi connectivity index (χ1) is 9.89. The summed E-state index contributed by atoms with van der Waals surface area (Å²) >= 11 is 0. The van der Waals surface area contributed by atoms with E-state index in [1.807, 2.05) is 0 Å². The molecule has 0 aromatic rings. The van der Waals surface area contributed by atoms with Gasteiger partial charge in [0.05, 0.1) is 0 Å². The SMILES string of the molecule is CC(C)(C)C1=C2C(=C(C(C)(C)C)C1)C1(CCCC1)CC2(F)F. The van der Waals surface area contributed by atoms with E-state index in [9.17, 15) is 0 Å². The third-order valence-electron chi connectivity index (χ3n) is 6.03. The molecular weight excluding hydrogens is 278 g/mol. The van der Waals surface area contributed by atoms with Crippen molar-refractivity contribution >= 4 is 0 Å². The van der Waals surface area contributed by atoms with E-state index in [0.29, 0.717) is 5.57 Å². The maximum atomic E-state index is 15.0. The lowest BCUT2D eigenvalue weighted by atomic mass is 9.73. The van der Waals surface area contributed by atoms with Gasteiger partial charge in [0, 0.05) is 17.4 Å². The number of fused-ring (bicyclic) bond motifs is 2. The van der Waals surface area contributed by atoms with Crippen LogP contribution < -0.4 is 0 Å². The van der Waals surface area contributed by atoms with Crippen LogP contribution >= 0.6 is 0 Å². The first-order valence-electron chi connectivity index (χ1n) is 8.75. The number of hydrogen-bond acceptors (Lipinski definition) is 0. The van der Waals surface area contributed by atoms with Gasteiger partial charge in [0.2, 0.25) is 0 Å². The van der Waals surface area contributed by atoms with Gasteiger partial charge < -0.3 is 0 Å². The summed E-state index contributed by atoms with van der Waals surface area (Å²) in [7, 11) is 0. The summed E-state index contributed by atoms with van der Waals surface area (Å²) in [5.41, 5.74) is 3.41. The molecule has 2 heteroatoms. The van der Waals surface area contributed by atoms with Crippen molar-refractivity contribution in [3.8, 4) is 0 Å². The van der Waals surface area contributed by atoms with Gasteiger partial charge in [-0.25, -0.2) is 8.78 Å². The fraction of sp³-hybridized carbons (Fsp3) is 0.800. The molecule has 22 heavy (non-hydrogen) atoms. The van der Waals surface area contributed by atoms with Crippen LogP contribution in [0.5, 0.6) is 0 Å². The fourth-order valence-corrected chi connectivity index (χ4v) is 5.00. The van der Waals surface area contributed by atoms with Crippen LogP contribution in [0, 0.1) is 16.2 Å². The molecule has 1 spiro atoms. The fourth-order valence-electron chi connectivity index (χ4n) is 5.00. The largest absolute Gasteiger partial charge is 0.274 e. The van der Waals surface area contributed by atoms with E-state index < -0.39 is 5.92 Å². The van der Waals surface area contributed by atoms with Crippen molar-refractivity contribution in [3.05, 3.63) is 22.3 Å². The molecule has 124 valence electrons. The highest BCUT2D eigenvalue weighted by molar-refractivity contribution is 5.60. The van der Waals surface area contributed by atoms with Crippen LogP contribution in [0.15, 0.2) is 22.3 Å². The second-order valence-corrected chi connectivity index (χ2v) is 9.75. The van der Waals surface area contributed by atoms with Crippen molar-refractivity contribution in [1.29, 1.82) is 0 Å². The molecule has 0 aliphatic heterocycles. The molecule has 0 bridgehead atoms. The van der Waals surface area contributed by atoms with E-state index in [1.54, 1.807) is 0 Å². The molecule has 0 heterocycles. The third-order valence-corrected chi connectivity index (χ3v) is 6.03. The Hall–Kier alpha value is -0.660. The zero-order valence-corrected chi connectivity index (χ0v) is 15.0. The molecule has 0 radical (unpaired) electrons. The van der Waals surface area contributed by atoms with Crippen LogP contribution in [0.1, 0.15) is 80.1 Å². The molecule has 2 fully saturated rings. The van der Waals surface area contributed by atoms with Gasteiger partial charge in [0.25, 0.3) is 5.92 Å². The smallest absolute Gasteiger partial charge is 0.201 e. The lowest BCUT2D eigenvalue weighted by molar-refractivity contribution is 0.0256. The molecule has 0 aromatic heterocycles. The maximum Gasteiger partial charge on any atom is 0.274 e. The van der Waals surface area contributed by atoms with Gasteiger partial charge in [0.15, 0.2) is 0 Å². The molecule has 2 saturated carbocycles. The van der Waals surface area contributed by atoms with Gasteiger partial charge >= 0.3 is 0 Å². The second-order valence-electron chi connectivity index (χ2n) is 9.75. The zero-order chi connectivity index (χ0) is 16.6. The van der Waals surface area contributed by atoms with Crippen molar-refractivity contribution in [2.45, 2.75) is 86.0 Å². The summed E-state index contributed by atoms with van der Waals surface area (Å²) in [4.78, 5) is 0. The Morgan fingerprint density at radius 2 is 1.23 bits per heavy atom. The molecule has 0 nitrogen and oxygen atoms in total. The van der Waals surface area contributed by atoms with Gasteiger partial charge in [0.1, 0.15) is 0 Å². The van der Waals surface area contributed by atoms with E-state index in [-0.39, 0.29) is 22.7 Å². The van der Waals surface area contributed by atoms with Crippen LogP contribution in [0.3, 0.4) is 0 Å². The number of rotatable bonds is 0. The highest BCUT2D eigenvalue weighted by atomic mass is 19.3.